The average molecular weight is 255 g/mol. The molecule has 0 atom stereocenters. The first kappa shape index (κ1) is 13.6. The summed E-state index contributed by atoms with van der Waals surface area (Å²) >= 11 is 0. The van der Waals surface area contributed by atoms with Crippen molar-refractivity contribution in [3.8, 4) is 0 Å². The number of nitrogens with zero attached hydrogens (tertiary/aromatic N) is 2. The zero-order chi connectivity index (χ0) is 13.7. The molecule has 1 heterocycles. The molecule has 0 saturated heterocycles. The topological polar surface area (TPSA) is 42.2 Å². The Morgan fingerprint density at radius 1 is 1.16 bits per heavy atom. The summed E-state index contributed by atoms with van der Waals surface area (Å²) in [6.45, 7) is 5.81. The fourth-order valence-electron chi connectivity index (χ4n) is 2.32. The first-order chi connectivity index (χ1) is 9.27. The summed E-state index contributed by atoms with van der Waals surface area (Å²) < 4.78 is 0. The van der Waals surface area contributed by atoms with Gasteiger partial charge in [0.2, 0.25) is 0 Å². The van der Waals surface area contributed by atoms with E-state index in [2.05, 4.69) is 54.1 Å². The molecule has 0 amide bonds. The lowest BCUT2D eigenvalue weighted by Crippen LogP contribution is -2.20. The number of hydrogen-bond donors (Lipinski definition) is 1. The second-order valence-corrected chi connectivity index (χ2v) is 4.56. The summed E-state index contributed by atoms with van der Waals surface area (Å²) in [5.74, 6) is 1.02. The predicted molar refractivity (Wildman–Crippen MR) is 80.9 cm³/mol. The maximum atomic E-state index is 5.69. The Hall–Kier alpha value is -1.87. The van der Waals surface area contributed by atoms with Crippen LogP contribution in [0.2, 0.25) is 0 Å². The molecule has 19 heavy (non-hydrogen) atoms. The van der Waals surface area contributed by atoms with Gasteiger partial charge in [0.25, 0.3) is 0 Å². The van der Waals surface area contributed by atoms with Crippen LogP contribution in [0.25, 0.3) is 0 Å². The van der Waals surface area contributed by atoms with E-state index in [4.69, 9.17) is 5.73 Å². The van der Waals surface area contributed by atoms with Gasteiger partial charge in [-0.25, -0.2) is 4.98 Å². The van der Waals surface area contributed by atoms with E-state index in [1.165, 1.54) is 16.8 Å². The van der Waals surface area contributed by atoms with Gasteiger partial charge in [0.05, 0.1) is 0 Å². The van der Waals surface area contributed by atoms with Crippen LogP contribution >= 0.6 is 0 Å². The summed E-state index contributed by atoms with van der Waals surface area (Å²) in [7, 11) is 0. The highest BCUT2D eigenvalue weighted by Crippen LogP contribution is 2.28. The number of hydrogen-bond acceptors (Lipinski definition) is 3. The first-order valence-electron chi connectivity index (χ1n) is 6.75. The molecule has 0 saturated carbocycles. The van der Waals surface area contributed by atoms with Gasteiger partial charge in [0, 0.05) is 18.4 Å². The molecule has 1 aromatic heterocycles. The molecule has 3 nitrogen and oxygen atoms in total. The van der Waals surface area contributed by atoms with Crippen molar-refractivity contribution in [2.75, 3.05) is 18.0 Å². The van der Waals surface area contributed by atoms with E-state index in [1.807, 2.05) is 12.3 Å². The van der Waals surface area contributed by atoms with Gasteiger partial charge in [-0.2, -0.15) is 0 Å². The minimum absolute atomic E-state index is 0.643. The number of nitrogens with two attached hydrogens (primary N) is 1. The second kappa shape index (κ2) is 6.34. The van der Waals surface area contributed by atoms with E-state index in [1.54, 1.807) is 0 Å². The lowest BCUT2D eigenvalue weighted by Gasteiger charge is -2.26. The van der Waals surface area contributed by atoms with Gasteiger partial charge in [-0.15, -0.1) is 0 Å². The van der Waals surface area contributed by atoms with Crippen LogP contribution in [0.5, 0.6) is 0 Å². The summed E-state index contributed by atoms with van der Waals surface area (Å²) in [4.78, 5) is 6.81. The van der Waals surface area contributed by atoms with E-state index in [9.17, 15) is 0 Å². The summed E-state index contributed by atoms with van der Waals surface area (Å²) in [5.41, 5.74) is 9.37. The van der Waals surface area contributed by atoms with Gasteiger partial charge >= 0.3 is 0 Å². The van der Waals surface area contributed by atoms with Crippen LogP contribution in [0.15, 0.2) is 42.6 Å². The Labute approximate surface area is 115 Å². The molecular formula is C16H21N3. The molecule has 1 aromatic carbocycles. The Morgan fingerprint density at radius 2 is 1.95 bits per heavy atom. The molecule has 0 bridgehead atoms. The molecular weight excluding hydrogens is 234 g/mol. The zero-order valence-electron chi connectivity index (χ0n) is 11.6. The fourth-order valence-corrected chi connectivity index (χ4v) is 2.32. The van der Waals surface area contributed by atoms with Gasteiger partial charge in [-0.05, 0) is 50.1 Å². The average Bonchev–Trinajstić information content (AvgIpc) is 2.44. The number of anilines is 2. The minimum atomic E-state index is 0.643. The lowest BCUT2D eigenvalue weighted by atomic mass is 10.1. The predicted octanol–water partition coefficient (Wildman–Crippen LogP) is 3.05. The second-order valence-electron chi connectivity index (χ2n) is 4.56. The molecule has 0 aliphatic carbocycles. The maximum Gasteiger partial charge on any atom is 0.136 e. The van der Waals surface area contributed by atoms with Crippen LogP contribution < -0.4 is 10.6 Å². The quantitative estimate of drug-likeness (QED) is 0.893. The van der Waals surface area contributed by atoms with E-state index < -0.39 is 0 Å². The molecule has 0 unspecified atom stereocenters. The largest absolute Gasteiger partial charge is 0.330 e. The Balaban J connectivity index is 2.45. The van der Waals surface area contributed by atoms with Gasteiger partial charge in [-0.3, -0.25) is 0 Å². The van der Waals surface area contributed by atoms with Crippen molar-refractivity contribution in [2.24, 2.45) is 5.73 Å². The van der Waals surface area contributed by atoms with Gasteiger partial charge < -0.3 is 10.6 Å². The number of rotatable bonds is 5. The van der Waals surface area contributed by atoms with E-state index in [0.29, 0.717) is 6.54 Å². The highest BCUT2D eigenvalue weighted by molar-refractivity contribution is 5.65. The fraction of sp³-hybridized carbons (Fsp3) is 0.312. The Morgan fingerprint density at radius 3 is 2.63 bits per heavy atom. The smallest absolute Gasteiger partial charge is 0.136 e. The van der Waals surface area contributed by atoms with Gasteiger partial charge in [0.1, 0.15) is 5.82 Å². The van der Waals surface area contributed by atoms with Crippen molar-refractivity contribution in [3.63, 3.8) is 0 Å². The summed E-state index contributed by atoms with van der Waals surface area (Å²) in [6.07, 6.45) is 2.70. The van der Waals surface area contributed by atoms with E-state index in [-0.39, 0.29) is 0 Å². The Bertz CT molecular complexity index is 537. The van der Waals surface area contributed by atoms with Crippen LogP contribution in [-0.4, -0.2) is 18.1 Å². The monoisotopic (exact) mass is 255 g/mol. The molecule has 2 aromatic rings. The molecule has 0 aliphatic rings. The third kappa shape index (κ3) is 2.93. The lowest BCUT2D eigenvalue weighted by molar-refractivity contribution is 0.917. The molecule has 100 valence electrons. The van der Waals surface area contributed by atoms with Gasteiger partial charge in [-0.1, -0.05) is 24.3 Å². The van der Waals surface area contributed by atoms with Crippen LogP contribution in [0.3, 0.4) is 0 Å². The third-order valence-corrected chi connectivity index (χ3v) is 3.26. The highest BCUT2D eigenvalue weighted by Gasteiger charge is 2.13. The number of aryl methyl sites for hydroxylation is 1. The van der Waals surface area contributed by atoms with Crippen molar-refractivity contribution in [2.45, 2.75) is 20.3 Å². The van der Waals surface area contributed by atoms with E-state index >= 15 is 0 Å². The third-order valence-electron chi connectivity index (χ3n) is 3.26. The summed E-state index contributed by atoms with van der Waals surface area (Å²) in [5, 5.41) is 0. The van der Waals surface area contributed by atoms with Crippen LogP contribution in [-0.2, 0) is 6.42 Å². The van der Waals surface area contributed by atoms with Crippen molar-refractivity contribution < 1.29 is 0 Å². The highest BCUT2D eigenvalue weighted by atomic mass is 15.2. The Kier molecular flexibility index (Phi) is 4.53. The SMILES string of the molecule is CCN(c1ccccc1C)c1ncccc1CCN. The normalized spacial score (nSPS) is 10.5. The molecule has 3 heteroatoms. The number of pyridine rings is 1. The molecule has 0 aliphatic heterocycles. The summed E-state index contributed by atoms with van der Waals surface area (Å²) in [6, 6.07) is 12.5. The maximum absolute atomic E-state index is 5.69. The zero-order valence-corrected chi connectivity index (χ0v) is 11.6. The van der Waals surface area contributed by atoms with E-state index in [0.717, 1.165) is 18.8 Å². The minimum Gasteiger partial charge on any atom is -0.330 e. The van der Waals surface area contributed by atoms with Crippen LogP contribution in [0, 0.1) is 6.92 Å². The molecule has 2 rings (SSSR count). The number of para-hydroxylation sites is 1. The van der Waals surface area contributed by atoms with Crippen LogP contribution in [0.1, 0.15) is 18.1 Å². The van der Waals surface area contributed by atoms with Crippen molar-refractivity contribution in [1.29, 1.82) is 0 Å². The molecule has 0 fully saturated rings. The number of aromatic nitrogens is 1. The van der Waals surface area contributed by atoms with Crippen molar-refractivity contribution >= 4 is 11.5 Å². The first-order valence-corrected chi connectivity index (χ1v) is 6.75. The van der Waals surface area contributed by atoms with Crippen molar-refractivity contribution in [1.82, 2.24) is 4.98 Å². The molecule has 0 spiro atoms. The van der Waals surface area contributed by atoms with Gasteiger partial charge in [0.15, 0.2) is 0 Å². The van der Waals surface area contributed by atoms with Crippen LogP contribution in [0.4, 0.5) is 11.5 Å². The van der Waals surface area contributed by atoms with Crippen molar-refractivity contribution in [3.05, 3.63) is 53.7 Å². The standard InChI is InChI=1S/C16H21N3/c1-3-19(15-9-5-4-7-13(15)2)16-14(10-11-17)8-6-12-18-16/h4-9,12H,3,10-11,17H2,1-2H3. The number of benzene rings is 1. The molecule has 2 N–H and O–H groups in total. The molecule has 0 radical (unpaired) electrons.